The van der Waals surface area contributed by atoms with Crippen molar-refractivity contribution in [3.63, 3.8) is 0 Å². The van der Waals surface area contributed by atoms with Gasteiger partial charge in [0.2, 0.25) is 0 Å². The molecule has 19 heavy (non-hydrogen) atoms. The third kappa shape index (κ3) is 3.30. The van der Waals surface area contributed by atoms with Gasteiger partial charge in [-0.3, -0.25) is 0 Å². The molecule has 0 spiro atoms. The number of benzene rings is 1. The van der Waals surface area contributed by atoms with Crippen LogP contribution in [0.25, 0.3) is 10.9 Å². The lowest BCUT2D eigenvalue weighted by Crippen LogP contribution is -2.27. The molecule has 104 valence electrons. The first-order valence-corrected chi connectivity index (χ1v) is 6.14. The highest BCUT2D eigenvalue weighted by atomic mass is 35.5. The zero-order chi connectivity index (χ0) is 11.7. The van der Waals surface area contributed by atoms with E-state index in [-0.39, 0.29) is 30.6 Å². The maximum absolute atomic E-state index is 9.82. The Morgan fingerprint density at radius 3 is 2.53 bits per heavy atom. The average molecular weight is 301 g/mol. The summed E-state index contributed by atoms with van der Waals surface area (Å²) in [6.07, 6.45) is 2.26. The molecule has 3 nitrogen and oxygen atoms in total. The molecule has 0 amide bonds. The number of nitrogens with zero attached hydrogens (tertiary/aromatic N) is 1. The van der Waals surface area contributed by atoms with Gasteiger partial charge in [0, 0.05) is 17.0 Å². The van der Waals surface area contributed by atoms with E-state index in [1.807, 2.05) is 12.1 Å². The number of hydrogen-bond donors (Lipinski definition) is 2. The van der Waals surface area contributed by atoms with Crippen LogP contribution in [-0.4, -0.2) is 23.2 Å². The molecule has 2 heterocycles. The quantitative estimate of drug-likeness (QED) is 0.850. The normalized spacial score (nSPS) is 15.6. The number of fused-ring (bicyclic) bond motifs is 1. The van der Waals surface area contributed by atoms with Crippen molar-refractivity contribution >= 4 is 35.7 Å². The molecular formula is C14H18Cl2N2O. The summed E-state index contributed by atoms with van der Waals surface area (Å²) in [7, 11) is 0. The number of nitrogens with one attached hydrogen (secondary N) is 1. The average Bonchev–Trinajstić information content (AvgIpc) is 2.40. The number of para-hydroxylation sites is 1. The maximum Gasteiger partial charge on any atom is 0.141 e. The van der Waals surface area contributed by atoms with Gasteiger partial charge in [0.25, 0.3) is 0 Å². The number of phenols is 1. The highest BCUT2D eigenvalue weighted by Crippen LogP contribution is 2.28. The third-order valence-corrected chi connectivity index (χ3v) is 3.48. The predicted molar refractivity (Wildman–Crippen MR) is 82.7 cm³/mol. The van der Waals surface area contributed by atoms with E-state index >= 15 is 0 Å². The Balaban J connectivity index is 0.000000902. The summed E-state index contributed by atoms with van der Waals surface area (Å²) < 4.78 is 0. The number of halogens is 2. The zero-order valence-corrected chi connectivity index (χ0v) is 12.1. The summed E-state index contributed by atoms with van der Waals surface area (Å²) in [4.78, 5) is 4.62. The van der Waals surface area contributed by atoms with Gasteiger partial charge < -0.3 is 10.4 Å². The van der Waals surface area contributed by atoms with Gasteiger partial charge in [0.15, 0.2) is 0 Å². The monoisotopic (exact) mass is 300 g/mol. The van der Waals surface area contributed by atoms with Crippen molar-refractivity contribution in [3.8, 4) is 5.75 Å². The lowest BCUT2D eigenvalue weighted by atomic mass is 9.94. The first-order chi connectivity index (χ1) is 8.34. The Hall–Kier alpha value is -1.03. The van der Waals surface area contributed by atoms with Gasteiger partial charge in [0.1, 0.15) is 11.3 Å². The van der Waals surface area contributed by atoms with Crippen LogP contribution < -0.4 is 5.32 Å². The molecule has 5 heteroatoms. The van der Waals surface area contributed by atoms with E-state index < -0.39 is 0 Å². The third-order valence-electron chi connectivity index (χ3n) is 3.48. The highest BCUT2D eigenvalue weighted by molar-refractivity contribution is 5.85. The molecule has 0 radical (unpaired) electrons. The molecule has 1 fully saturated rings. The Bertz CT molecular complexity index is 542. The predicted octanol–water partition coefficient (Wildman–Crippen LogP) is 3.25. The van der Waals surface area contributed by atoms with Gasteiger partial charge in [0.05, 0.1) is 0 Å². The van der Waals surface area contributed by atoms with Crippen molar-refractivity contribution in [1.29, 1.82) is 0 Å². The summed E-state index contributed by atoms with van der Waals surface area (Å²) >= 11 is 0. The maximum atomic E-state index is 9.82. The molecule has 0 aliphatic carbocycles. The van der Waals surface area contributed by atoms with Gasteiger partial charge in [-0.15, -0.1) is 24.8 Å². The zero-order valence-electron chi connectivity index (χ0n) is 10.5. The van der Waals surface area contributed by atoms with Crippen LogP contribution in [0.2, 0.25) is 0 Å². The van der Waals surface area contributed by atoms with E-state index in [2.05, 4.69) is 22.4 Å². The van der Waals surface area contributed by atoms with Crippen LogP contribution in [0.5, 0.6) is 5.75 Å². The van der Waals surface area contributed by atoms with Gasteiger partial charge in [-0.2, -0.15) is 0 Å². The van der Waals surface area contributed by atoms with Crippen molar-refractivity contribution in [1.82, 2.24) is 10.3 Å². The number of piperidine rings is 1. The molecule has 3 rings (SSSR count). The van der Waals surface area contributed by atoms with Crippen LogP contribution in [0.1, 0.15) is 24.5 Å². The first-order valence-electron chi connectivity index (χ1n) is 6.14. The molecule has 1 aromatic carbocycles. The van der Waals surface area contributed by atoms with Crippen molar-refractivity contribution in [2.45, 2.75) is 18.8 Å². The van der Waals surface area contributed by atoms with Gasteiger partial charge in [-0.1, -0.05) is 18.2 Å². The summed E-state index contributed by atoms with van der Waals surface area (Å²) in [6.45, 7) is 2.12. The van der Waals surface area contributed by atoms with Crippen LogP contribution in [0.3, 0.4) is 0 Å². The second-order valence-electron chi connectivity index (χ2n) is 4.61. The molecule has 0 atom stereocenters. The molecular weight excluding hydrogens is 283 g/mol. The molecule has 2 N–H and O–H groups in total. The second-order valence-corrected chi connectivity index (χ2v) is 4.61. The van der Waals surface area contributed by atoms with Gasteiger partial charge in [-0.05, 0) is 38.1 Å². The summed E-state index contributed by atoms with van der Waals surface area (Å²) in [5, 5.41) is 14.2. The van der Waals surface area contributed by atoms with E-state index in [1.54, 1.807) is 6.07 Å². The lowest BCUT2D eigenvalue weighted by molar-refractivity contribution is 0.453. The van der Waals surface area contributed by atoms with E-state index in [1.165, 1.54) is 0 Å². The molecule has 1 saturated heterocycles. The Kier molecular flexibility index (Phi) is 5.85. The molecule has 1 aromatic heterocycles. The fourth-order valence-corrected chi connectivity index (χ4v) is 2.49. The Morgan fingerprint density at radius 1 is 1.05 bits per heavy atom. The number of phenolic OH excluding ortho intramolecular Hbond substituents is 1. The minimum atomic E-state index is 0. The topological polar surface area (TPSA) is 45.1 Å². The first kappa shape index (κ1) is 16.0. The smallest absolute Gasteiger partial charge is 0.141 e. The van der Waals surface area contributed by atoms with Gasteiger partial charge in [-0.25, -0.2) is 4.98 Å². The Morgan fingerprint density at radius 2 is 1.79 bits per heavy atom. The van der Waals surface area contributed by atoms with Crippen LogP contribution in [0.15, 0.2) is 30.3 Å². The minimum absolute atomic E-state index is 0. The van der Waals surface area contributed by atoms with E-state index in [0.29, 0.717) is 5.92 Å². The number of aromatic hydroxyl groups is 1. The number of pyridine rings is 1. The summed E-state index contributed by atoms with van der Waals surface area (Å²) in [6, 6.07) is 9.68. The molecule has 0 saturated carbocycles. The summed E-state index contributed by atoms with van der Waals surface area (Å²) in [5.41, 5.74) is 1.84. The molecule has 2 aromatic rings. The van der Waals surface area contributed by atoms with Gasteiger partial charge >= 0.3 is 0 Å². The standard InChI is InChI=1S/C14H16N2O.2ClH/c17-13-3-1-2-11-4-5-12(16-14(11)13)10-6-8-15-9-7-10;;/h1-5,10,15,17H,6-9H2;2*1H. The van der Waals surface area contributed by atoms with Crippen LogP contribution in [0, 0.1) is 0 Å². The molecule has 1 aliphatic rings. The SMILES string of the molecule is Cl.Cl.Oc1cccc2ccc(C3CCNCC3)nc12. The van der Waals surface area contributed by atoms with Crippen molar-refractivity contribution in [2.24, 2.45) is 0 Å². The van der Waals surface area contributed by atoms with Crippen molar-refractivity contribution in [2.75, 3.05) is 13.1 Å². The fourth-order valence-electron chi connectivity index (χ4n) is 2.49. The largest absolute Gasteiger partial charge is 0.506 e. The second kappa shape index (κ2) is 6.94. The van der Waals surface area contributed by atoms with Crippen LogP contribution >= 0.6 is 24.8 Å². The lowest BCUT2D eigenvalue weighted by Gasteiger charge is -2.22. The highest BCUT2D eigenvalue weighted by Gasteiger charge is 2.16. The van der Waals surface area contributed by atoms with Crippen LogP contribution in [-0.2, 0) is 0 Å². The number of rotatable bonds is 1. The number of hydrogen-bond acceptors (Lipinski definition) is 3. The van der Waals surface area contributed by atoms with Crippen molar-refractivity contribution < 1.29 is 5.11 Å². The number of aromatic nitrogens is 1. The Labute approximate surface area is 125 Å². The van der Waals surface area contributed by atoms with E-state index in [4.69, 9.17) is 0 Å². The van der Waals surface area contributed by atoms with Crippen LogP contribution in [0.4, 0.5) is 0 Å². The van der Waals surface area contributed by atoms with Crippen molar-refractivity contribution in [3.05, 3.63) is 36.0 Å². The minimum Gasteiger partial charge on any atom is -0.506 e. The summed E-state index contributed by atoms with van der Waals surface area (Å²) in [5.74, 6) is 0.804. The fraction of sp³-hybridized carbons (Fsp3) is 0.357. The molecule has 1 aliphatic heterocycles. The molecule has 0 bridgehead atoms. The van der Waals surface area contributed by atoms with E-state index in [0.717, 1.165) is 42.5 Å². The molecule has 0 unspecified atom stereocenters. The van der Waals surface area contributed by atoms with E-state index in [9.17, 15) is 5.11 Å².